The number of aromatic nitrogens is 4. The highest BCUT2D eigenvalue weighted by Crippen LogP contribution is 2.27. The molecule has 7 nitrogen and oxygen atoms in total. The number of carbonyl (C=O) groups excluding carboxylic acids is 1. The highest BCUT2D eigenvalue weighted by molar-refractivity contribution is 7.99. The van der Waals surface area contributed by atoms with Gasteiger partial charge in [-0.2, -0.15) is 5.10 Å². The summed E-state index contributed by atoms with van der Waals surface area (Å²) in [5, 5.41) is 13.1. The van der Waals surface area contributed by atoms with Gasteiger partial charge in [0.1, 0.15) is 5.82 Å². The van der Waals surface area contributed by atoms with Crippen LogP contribution in [0.15, 0.2) is 11.4 Å². The first-order valence-corrected chi connectivity index (χ1v) is 11.9. The van der Waals surface area contributed by atoms with E-state index >= 15 is 0 Å². The van der Waals surface area contributed by atoms with Crippen LogP contribution in [0.3, 0.4) is 0 Å². The van der Waals surface area contributed by atoms with Crippen molar-refractivity contribution in [3.05, 3.63) is 6.20 Å². The molecule has 29 heavy (non-hydrogen) atoms. The van der Waals surface area contributed by atoms with Gasteiger partial charge in [-0.1, -0.05) is 51.8 Å². The first-order valence-electron chi connectivity index (χ1n) is 11.0. The van der Waals surface area contributed by atoms with Gasteiger partial charge in [-0.15, -0.1) is 0 Å². The van der Waals surface area contributed by atoms with E-state index in [9.17, 15) is 4.79 Å². The van der Waals surface area contributed by atoms with Gasteiger partial charge in [-0.3, -0.25) is 4.79 Å². The largest absolute Gasteiger partial charge is 0.369 e. The number of anilines is 1. The minimum absolute atomic E-state index is 0.157. The summed E-state index contributed by atoms with van der Waals surface area (Å²) >= 11 is 1.65. The van der Waals surface area contributed by atoms with Gasteiger partial charge >= 0.3 is 0 Å². The number of carbonyl (C=O) groups is 1. The monoisotopic (exact) mass is 418 g/mol. The van der Waals surface area contributed by atoms with Crippen LogP contribution in [0.25, 0.3) is 11.0 Å². The number of hydrogen-bond acceptors (Lipinski definition) is 6. The lowest BCUT2D eigenvalue weighted by Crippen LogP contribution is -2.29. The summed E-state index contributed by atoms with van der Waals surface area (Å²) in [7, 11) is 0. The molecular formula is C21H34N6OS. The topological polar surface area (TPSA) is 84.7 Å². The summed E-state index contributed by atoms with van der Waals surface area (Å²) in [5.74, 6) is 1.56. The minimum atomic E-state index is 0.157. The third-order valence-corrected chi connectivity index (χ3v) is 6.07. The molecule has 0 spiro atoms. The summed E-state index contributed by atoms with van der Waals surface area (Å²) in [5.41, 5.74) is 0.822. The van der Waals surface area contributed by atoms with Gasteiger partial charge in [-0.05, 0) is 25.2 Å². The predicted octanol–water partition coefficient (Wildman–Crippen LogP) is 4.24. The van der Waals surface area contributed by atoms with Gasteiger partial charge in [0.25, 0.3) is 0 Å². The van der Waals surface area contributed by atoms with Crippen LogP contribution >= 0.6 is 11.8 Å². The molecule has 1 aliphatic carbocycles. The molecule has 0 aliphatic heterocycles. The first-order chi connectivity index (χ1) is 14.1. The molecule has 160 valence electrons. The lowest BCUT2D eigenvalue weighted by Gasteiger charge is -2.20. The fourth-order valence-corrected chi connectivity index (χ4v) is 4.47. The van der Waals surface area contributed by atoms with Crippen molar-refractivity contribution in [2.75, 3.05) is 18.4 Å². The molecule has 8 heteroatoms. The van der Waals surface area contributed by atoms with Gasteiger partial charge in [0.2, 0.25) is 5.91 Å². The quantitative estimate of drug-likeness (QED) is 0.443. The maximum absolute atomic E-state index is 12.3. The molecule has 2 N–H and O–H groups in total. The maximum atomic E-state index is 12.3. The Balaban J connectivity index is 1.64. The first kappa shape index (κ1) is 21.9. The molecule has 1 saturated carbocycles. The van der Waals surface area contributed by atoms with Gasteiger partial charge in [0.15, 0.2) is 10.8 Å². The van der Waals surface area contributed by atoms with E-state index in [2.05, 4.69) is 41.5 Å². The van der Waals surface area contributed by atoms with Gasteiger partial charge < -0.3 is 10.6 Å². The van der Waals surface area contributed by atoms with Crippen LogP contribution in [0.1, 0.15) is 65.7 Å². The summed E-state index contributed by atoms with van der Waals surface area (Å²) in [4.78, 5) is 21.7. The van der Waals surface area contributed by atoms with Crippen LogP contribution in [0.2, 0.25) is 0 Å². The Bertz CT molecular complexity index is 800. The molecule has 0 aromatic carbocycles. The molecular weight excluding hydrogens is 384 g/mol. The van der Waals surface area contributed by atoms with E-state index in [1.807, 2.05) is 10.9 Å². The second-order valence-corrected chi connectivity index (χ2v) is 9.65. The van der Waals surface area contributed by atoms with Crippen molar-refractivity contribution in [3.63, 3.8) is 0 Å². The summed E-state index contributed by atoms with van der Waals surface area (Å²) < 4.78 is 1.87. The fourth-order valence-electron chi connectivity index (χ4n) is 3.77. The zero-order valence-electron chi connectivity index (χ0n) is 17.9. The van der Waals surface area contributed by atoms with Crippen molar-refractivity contribution >= 4 is 34.5 Å². The number of amides is 1. The molecule has 1 fully saturated rings. The Morgan fingerprint density at radius 3 is 2.76 bits per heavy atom. The van der Waals surface area contributed by atoms with E-state index in [4.69, 9.17) is 4.98 Å². The van der Waals surface area contributed by atoms with Crippen molar-refractivity contribution < 1.29 is 4.79 Å². The Kier molecular flexibility index (Phi) is 8.15. The highest BCUT2D eigenvalue weighted by Gasteiger charge is 2.17. The molecule has 1 amide bonds. The molecule has 2 aromatic heterocycles. The number of rotatable bonds is 10. The SMILES string of the molecule is CCCNc1nc(SC(C)C)nc2c1cnn2CCNC(=O)CC1CCCCC1. The number of nitrogens with one attached hydrogen (secondary N) is 2. The van der Waals surface area contributed by atoms with Crippen LogP contribution in [0.4, 0.5) is 5.82 Å². The predicted molar refractivity (Wildman–Crippen MR) is 119 cm³/mol. The molecule has 2 heterocycles. The average molecular weight is 419 g/mol. The summed E-state index contributed by atoms with van der Waals surface area (Å²) in [6, 6.07) is 0. The van der Waals surface area contributed by atoms with E-state index in [0.29, 0.717) is 30.7 Å². The van der Waals surface area contributed by atoms with E-state index in [-0.39, 0.29) is 5.91 Å². The van der Waals surface area contributed by atoms with Crippen LogP contribution in [-0.4, -0.2) is 44.0 Å². The molecule has 0 unspecified atom stereocenters. The van der Waals surface area contributed by atoms with Gasteiger partial charge in [0.05, 0.1) is 18.1 Å². The van der Waals surface area contributed by atoms with Crippen molar-refractivity contribution in [2.45, 2.75) is 82.7 Å². The van der Waals surface area contributed by atoms with Crippen LogP contribution in [-0.2, 0) is 11.3 Å². The summed E-state index contributed by atoms with van der Waals surface area (Å²) in [6.45, 7) is 8.44. The van der Waals surface area contributed by atoms with Gasteiger partial charge in [0, 0.05) is 24.8 Å². The van der Waals surface area contributed by atoms with E-state index < -0.39 is 0 Å². The second kappa shape index (κ2) is 10.8. The number of thioether (sulfide) groups is 1. The normalized spacial score (nSPS) is 15.2. The van der Waals surface area contributed by atoms with Gasteiger partial charge in [-0.25, -0.2) is 14.6 Å². The van der Waals surface area contributed by atoms with Crippen molar-refractivity contribution in [1.82, 2.24) is 25.1 Å². The smallest absolute Gasteiger partial charge is 0.220 e. The zero-order chi connectivity index (χ0) is 20.6. The van der Waals surface area contributed by atoms with Crippen LogP contribution in [0, 0.1) is 5.92 Å². The molecule has 0 atom stereocenters. The van der Waals surface area contributed by atoms with Crippen molar-refractivity contribution in [1.29, 1.82) is 0 Å². The Morgan fingerprint density at radius 1 is 1.24 bits per heavy atom. The number of fused-ring (bicyclic) bond motifs is 1. The van der Waals surface area contributed by atoms with Crippen LogP contribution in [0.5, 0.6) is 0 Å². The maximum Gasteiger partial charge on any atom is 0.220 e. The average Bonchev–Trinajstić information content (AvgIpc) is 3.09. The number of hydrogen-bond donors (Lipinski definition) is 2. The Labute approximate surface area is 177 Å². The minimum Gasteiger partial charge on any atom is -0.369 e. The molecule has 3 rings (SSSR count). The molecule has 0 radical (unpaired) electrons. The van der Waals surface area contributed by atoms with Crippen molar-refractivity contribution in [2.24, 2.45) is 5.92 Å². The Morgan fingerprint density at radius 2 is 2.03 bits per heavy atom. The van der Waals surface area contributed by atoms with Crippen molar-refractivity contribution in [3.8, 4) is 0 Å². The number of nitrogens with zero attached hydrogens (tertiary/aromatic N) is 4. The lowest BCUT2D eigenvalue weighted by molar-refractivity contribution is -0.122. The highest BCUT2D eigenvalue weighted by atomic mass is 32.2. The molecule has 0 saturated heterocycles. The Hall–Kier alpha value is -1.83. The molecule has 2 aromatic rings. The van der Waals surface area contributed by atoms with E-state index in [1.54, 1.807) is 11.8 Å². The van der Waals surface area contributed by atoms with Crippen LogP contribution < -0.4 is 10.6 Å². The summed E-state index contributed by atoms with van der Waals surface area (Å²) in [6.07, 6.45) is 9.74. The third kappa shape index (κ3) is 6.32. The van der Waals surface area contributed by atoms with E-state index in [0.717, 1.165) is 35.0 Å². The lowest BCUT2D eigenvalue weighted by atomic mass is 9.87. The standard InChI is InChI=1S/C21H34N6OS/c1-4-10-23-19-17-14-24-27(20(17)26-21(25-19)29-15(2)3)12-11-22-18(28)13-16-8-6-5-7-9-16/h14-16H,4-13H2,1-3H3,(H,22,28)(H,23,25,26). The van der Waals surface area contributed by atoms with E-state index in [1.165, 1.54) is 32.1 Å². The molecule has 1 aliphatic rings. The fraction of sp³-hybridized carbons (Fsp3) is 0.714. The second-order valence-electron chi connectivity index (χ2n) is 8.11. The zero-order valence-corrected chi connectivity index (χ0v) is 18.7. The molecule has 0 bridgehead atoms. The third-order valence-electron chi connectivity index (χ3n) is 5.20.